The third-order valence-corrected chi connectivity index (χ3v) is 4.17. The molecule has 98 valence electrons. The number of nitrogens with one attached hydrogen (secondary N) is 1. The lowest BCUT2D eigenvalue weighted by Gasteiger charge is -2.37. The van der Waals surface area contributed by atoms with Gasteiger partial charge in [-0.25, -0.2) is 10.8 Å². The summed E-state index contributed by atoms with van der Waals surface area (Å²) in [4.78, 5) is 18.3. The van der Waals surface area contributed by atoms with Gasteiger partial charge in [0.05, 0.1) is 5.56 Å². The van der Waals surface area contributed by atoms with Crippen molar-refractivity contribution in [2.45, 2.75) is 18.6 Å². The van der Waals surface area contributed by atoms with Crippen LogP contribution < -0.4 is 11.3 Å². The molecule has 1 aromatic rings. The summed E-state index contributed by atoms with van der Waals surface area (Å²) in [7, 11) is 0. The van der Waals surface area contributed by atoms with E-state index in [1.54, 1.807) is 18.3 Å². The van der Waals surface area contributed by atoms with Crippen LogP contribution in [0.1, 0.15) is 24.2 Å². The predicted molar refractivity (Wildman–Crippen MR) is 74.5 cm³/mol. The Labute approximate surface area is 111 Å². The molecular weight excluding hydrogens is 248 g/mol. The van der Waals surface area contributed by atoms with Crippen molar-refractivity contribution in [3.8, 4) is 0 Å². The molecule has 1 aliphatic rings. The Bertz CT molecular complexity index is 432. The minimum Gasteiger partial charge on any atom is -0.336 e. The Balaban J connectivity index is 2.10. The molecule has 1 aliphatic heterocycles. The minimum absolute atomic E-state index is 0.0412. The van der Waals surface area contributed by atoms with Gasteiger partial charge in [-0.05, 0) is 26.0 Å². The molecular formula is C12H18N4OS. The average Bonchev–Trinajstić information content (AvgIpc) is 2.37. The number of rotatable bonds is 2. The summed E-state index contributed by atoms with van der Waals surface area (Å²) >= 11 is 1.91. The summed E-state index contributed by atoms with van der Waals surface area (Å²) in [5.41, 5.74) is 3.05. The van der Waals surface area contributed by atoms with Crippen LogP contribution >= 0.6 is 11.8 Å². The number of pyridine rings is 1. The van der Waals surface area contributed by atoms with Gasteiger partial charge in [-0.1, -0.05) is 0 Å². The minimum atomic E-state index is 0.0412. The molecule has 1 amide bonds. The molecule has 0 aromatic carbocycles. The molecule has 2 heterocycles. The first kappa shape index (κ1) is 13.2. The highest BCUT2D eigenvalue weighted by atomic mass is 32.2. The number of hydrogen-bond acceptors (Lipinski definition) is 5. The largest absolute Gasteiger partial charge is 0.336 e. The topological polar surface area (TPSA) is 71.2 Å². The number of hydrogen-bond donors (Lipinski definition) is 2. The van der Waals surface area contributed by atoms with Crippen LogP contribution in [0.2, 0.25) is 0 Å². The van der Waals surface area contributed by atoms with Gasteiger partial charge in [0, 0.05) is 29.8 Å². The van der Waals surface area contributed by atoms with Crippen molar-refractivity contribution in [1.82, 2.24) is 9.88 Å². The lowest BCUT2D eigenvalue weighted by atomic mass is 10.1. The van der Waals surface area contributed by atoms with E-state index in [2.05, 4.69) is 24.3 Å². The molecule has 0 saturated carbocycles. The average molecular weight is 266 g/mol. The molecule has 0 unspecified atom stereocenters. The van der Waals surface area contributed by atoms with Crippen LogP contribution in [0, 0.1) is 0 Å². The standard InChI is InChI=1S/C12H18N4OS/c1-12(2)8-16(5-6-18-12)11(17)9-3-4-10(15-13)14-7-9/h3-4,7H,5-6,8,13H2,1-2H3,(H,14,15). The number of thioether (sulfide) groups is 1. The summed E-state index contributed by atoms with van der Waals surface area (Å²) < 4.78 is 0.125. The van der Waals surface area contributed by atoms with Crippen molar-refractivity contribution in [2.75, 3.05) is 24.3 Å². The molecule has 1 fully saturated rings. The van der Waals surface area contributed by atoms with Gasteiger partial charge in [0.25, 0.3) is 5.91 Å². The highest BCUT2D eigenvalue weighted by molar-refractivity contribution is 8.00. The van der Waals surface area contributed by atoms with Gasteiger partial charge >= 0.3 is 0 Å². The summed E-state index contributed by atoms with van der Waals surface area (Å²) in [6, 6.07) is 3.45. The van der Waals surface area contributed by atoms with Gasteiger partial charge in [0.2, 0.25) is 0 Å². The summed E-state index contributed by atoms with van der Waals surface area (Å²) in [6.45, 7) is 5.89. The van der Waals surface area contributed by atoms with Crippen molar-refractivity contribution < 1.29 is 4.79 Å². The summed E-state index contributed by atoms with van der Waals surface area (Å²) in [5, 5.41) is 0. The van der Waals surface area contributed by atoms with Crippen molar-refractivity contribution in [3.05, 3.63) is 23.9 Å². The number of carbonyl (C=O) groups is 1. The number of carbonyl (C=O) groups excluding carboxylic acids is 1. The Morgan fingerprint density at radius 2 is 2.33 bits per heavy atom. The Morgan fingerprint density at radius 3 is 2.89 bits per heavy atom. The monoisotopic (exact) mass is 266 g/mol. The summed E-state index contributed by atoms with van der Waals surface area (Å²) in [6.07, 6.45) is 1.56. The fourth-order valence-electron chi connectivity index (χ4n) is 1.98. The van der Waals surface area contributed by atoms with E-state index >= 15 is 0 Å². The maximum Gasteiger partial charge on any atom is 0.255 e. The Kier molecular flexibility index (Phi) is 3.77. The van der Waals surface area contributed by atoms with E-state index in [1.807, 2.05) is 16.7 Å². The van der Waals surface area contributed by atoms with E-state index in [1.165, 1.54) is 0 Å². The molecule has 5 nitrogen and oxygen atoms in total. The first-order chi connectivity index (χ1) is 8.52. The smallest absolute Gasteiger partial charge is 0.255 e. The molecule has 6 heteroatoms. The molecule has 2 rings (SSSR count). The maximum atomic E-state index is 12.3. The second-order valence-electron chi connectivity index (χ2n) is 4.91. The van der Waals surface area contributed by atoms with Crippen LogP contribution in [0.25, 0.3) is 0 Å². The van der Waals surface area contributed by atoms with Gasteiger partial charge in [-0.3, -0.25) is 4.79 Å². The number of anilines is 1. The quantitative estimate of drug-likeness (QED) is 0.624. The van der Waals surface area contributed by atoms with Crippen LogP contribution in [-0.2, 0) is 0 Å². The number of nitrogens with zero attached hydrogens (tertiary/aromatic N) is 2. The third-order valence-electron chi connectivity index (χ3n) is 2.87. The second kappa shape index (κ2) is 5.16. The van der Waals surface area contributed by atoms with Crippen LogP contribution in [0.15, 0.2) is 18.3 Å². The fourth-order valence-corrected chi connectivity index (χ4v) is 3.09. The Morgan fingerprint density at radius 1 is 1.56 bits per heavy atom. The van der Waals surface area contributed by atoms with Gasteiger partial charge in [-0.15, -0.1) is 0 Å². The first-order valence-electron chi connectivity index (χ1n) is 5.88. The summed E-state index contributed by atoms with van der Waals surface area (Å²) in [5.74, 6) is 6.82. The second-order valence-corrected chi connectivity index (χ2v) is 6.71. The zero-order chi connectivity index (χ0) is 13.2. The van der Waals surface area contributed by atoms with Crippen LogP contribution in [0.3, 0.4) is 0 Å². The Hall–Kier alpha value is -1.27. The molecule has 1 aromatic heterocycles. The molecule has 1 saturated heterocycles. The van der Waals surface area contributed by atoms with E-state index in [0.717, 1.165) is 18.8 Å². The van der Waals surface area contributed by atoms with Crippen molar-refractivity contribution in [2.24, 2.45) is 5.84 Å². The molecule has 0 bridgehead atoms. The third kappa shape index (κ3) is 2.94. The van der Waals surface area contributed by atoms with Crippen molar-refractivity contribution in [1.29, 1.82) is 0 Å². The molecule has 18 heavy (non-hydrogen) atoms. The zero-order valence-corrected chi connectivity index (χ0v) is 11.5. The zero-order valence-electron chi connectivity index (χ0n) is 10.6. The normalized spacial score (nSPS) is 18.5. The van der Waals surface area contributed by atoms with Gasteiger partial charge in [-0.2, -0.15) is 11.8 Å². The molecule has 0 aliphatic carbocycles. The predicted octanol–water partition coefficient (Wildman–Crippen LogP) is 1.33. The lowest BCUT2D eigenvalue weighted by Crippen LogP contribution is -2.46. The SMILES string of the molecule is CC1(C)CN(C(=O)c2ccc(NN)nc2)CCS1. The van der Waals surface area contributed by atoms with Gasteiger partial charge in [0.1, 0.15) is 5.82 Å². The molecule has 3 N–H and O–H groups in total. The maximum absolute atomic E-state index is 12.3. The number of nitrogen functional groups attached to an aromatic ring is 1. The van der Waals surface area contributed by atoms with E-state index in [4.69, 9.17) is 5.84 Å². The molecule has 0 spiro atoms. The number of aromatic nitrogens is 1. The van der Waals surface area contributed by atoms with E-state index in [0.29, 0.717) is 11.4 Å². The highest BCUT2D eigenvalue weighted by Crippen LogP contribution is 2.30. The fraction of sp³-hybridized carbons (Fsp3) is 0.500. The molecule has 0 radical (unpaired) electrons. The van der Waals surface area contributed by atoms with Crippen LogP contribution in [-0.4, -0.2) is 39.4 Å². The van der Waals surface area contributed by atoms with Gasteiger partial charge < -0.3 is 10.3 Å². The number of amides is 1. The van der Waals surface area contributed by atoms with E-state index < -0.39 is 0 Å². The van der Waals surface area contributed by atoms with Crippen molar-refractivity contribution >= 4 is 23.5 Å². The van der Waals surface area contributed by atoms with Crippen LogP contribution in [0.4, 0.5) is 5.82 Å². The van der Waals surface area contributed by atoms with Crippen molar-refractivity contribution in [3.63, 3.8) is 0 Å². The first-order valence-corrected chi connectivity index (χ1v) is 6.86. The van der Waals surface area contributed by atoms with E-state index in [9.17, 15) is 4.79 Å². The number of nitrogens with two attached hydrogens (primary N) is 1. The van der Waals surface area contributed by atoms with E-state index in [-0.39, 0.29) is 10.7 Å². The molecule has 0 atom stereocenters. The van der Waals surface area contributed by atoms with Crippen LogP contribution in [0.5, 0.6) is 0 Å². The number of hydrazine groups is 1. The highest BCUT2D eigenvalue weighted by Gasteiger charge is 2.30. The lowest BCUT2D eigenvalue weighted by molar-refractivity contribution is 0.0747. The van der Waals surface area contributed by atoms with Gasteiger partial charge in [0.15, 0.2) is 0 Å².